The summed E-state index contributed by atoms with van der Waals surface area (Å²) in [6.45, 7) is 2.84. The molecule has 0 aliphatic heterocycles. The first-order valence-electron chi connectivity index (χ1n) is 6.64. The molecule has 0 radical (unpaired) electrons. The molecule has 2 rings (SSSR count). The molecule has 1 unspecified atom stereocenters. The van der Waals surface area contributed by atoms with E-state index in [0.717, 1.165) is 26.3 Å². The van der Waals surface area contributed by atoms with Gasteiger partial charge < -0.3 is 5.32 Å². The number of rotatable bonds is 5. The Bertz CT molecular complexity index is 634. The zero-order valence-electron chi connectivity index (χ0n) is 11.5. The van der Waals surface area contributed by atoms with Crippen LogP contribution in [0, 0.1) is 9.39 Å². The molecular formula is C16H15Cl2FIN. The number of benzene rings is 2. The molecule has 1 nitrogen and oxygen atoms in total. The number of likely N-dealkylation sites (N-methyl/N-ethyl adjacent to an activating group) is 1. The third-order valence-corrected chi connectivity index (χ3v) is 5.25. The van der Waals surface area contributed by atoms with Crippen molar-refractivity contribution in [3.05, 3.63) is 67.0 Å². The lowest BCUT2D eigenvalue weighted by atomic mass is 9.98. The monoisotopic (exact) mass is 437 g/mol. The summed E-state index contributed by atoms with van der Waals surface area (Å²) < 4.78 is 14.6. The number of hydrogen-bond acceptors (Lipinski definition) is 1. The van der Waals surface area contributed by atoms with E-state index in [9.17, 15) is 4.39 Å². The van der Waals surface area contributed by atoms with Gasteiger partial charge in [0.1, 0.15) is 5.82 Å². The maximum Gasteiger partial charge on any atom is 0.142 e. The van der Waals surface area contributed by atoms with Gasteiger partial charge in [0.15, 0.2) is 0 Å². The van der Waals surface area contributed by atoms with E-state index in [1.807, 2.05) is 31.2 Å². The molecule has 0 bridgehead atoms. The zero-order chi connectivity index (χ0) is 15.4. The Morgan fingerprint density at radius 1 is 1.24 bits per heavy atom. The first-order valence-corrected chi connectivity index (χ1v) is 8.47. The highest BCUT2D eigenvalue weighted by atomic mass is 127. The van der Waals surface area contributed by atoms with Crippen LogP contribution >= 0.6 is 45.8 Å². The van der Waals surface area contributed by atoms with Crippen LogP contribution in [-0.2, 0) is 6.42 Å². The average molecular weight is 438 g/mol. The van der Waals surface area contributed by atoms with Gasteiger partial charge in [-0.1, -0.05) is 48.3 Å². The predicted molar refractivity (Wildman–Crippen MR) is 95.7 cm³/mol. The van der Waals surface area contributed by atoms with E-state index in [4.69, 9.17) is 23.2 Å². The van der Waals surface area contributed by atoms with Crippen molar-refractivity contribution < 1.29 is 4.39 Å². The minimum atomic E-state index is -0.384. The van der Waals surface area contributed by atoms with Gasteiger partial charge in [-0.25, -0.2) is 4.39 Å². The summed E-state index contributed by atoms with van der Waals surface area (Å²) in [4.78, 5) is 0. The van der Waals surface area contributed by atoms with Gasteiger partial charge in [-0.05, 0) is 64.9 Å². The van der Waals surface area contributed by atoms with Gasteiger partial charge in [-0.15, -0.1) is 0 Å². The highest BCUT2D eigenvalue weighted by Gasteiger charge is 2.15. The van der Waals surface area contributed by atoms with Gasteiger partial charge in [0.05, 0.1) is 10.0 Å². The maximum atomic E-state index is 13.6. The molecule has 0 aromatic heterocycles. The van der Waals surface area contributed by atoms with E-state index in [-0.39, 0.29) is 16.9 Å². The molecule has 0 saturated heterocycles. The summed E-state index contributed by atoms with van der Waals surface area (Å²) in [7, 11) is 0. The molecule has 5 heteroatoms. The van der Waals surface area contributed by atoms with Crippen LogP contribution < -0.4 is 5.32 Å². The van der Waals surface area contributed by atoms with Crippen LogP contribution in [0.5, 0.6) is 0 Å². The topological polar surface area (TPSA) is 12.0 Å². The third-order valence-electron chi connectivity index (χ3n) is 3.25. The van der Waals surface area contributed by atoms with Crippen molar-refractivity contribution in [3.8, 4) is 0 Å². The Hall–Kier alpha value is -0.360. The number of halogens is 4. The number of hydrogen-bond donors (Lipinski definition) is 1. The Morgan fingerprint density at radius 3 is 2.67 bits per heavy atom. The Kier molecular flexibility index (Phi) is 6.29. The fourth-order valence-electron chi connectivity index (χ4n) is 2.21. The van der Waals surface area contributed by atoms with E-state index in [2.05, 4.69) is 27.9 Å². The van der Waals surface area contributed by atoms with Gasteiger partial charge in [0.2, 0.25) is 0 Å². The minimum absolute atomic E-state index is 0.0452. The van der Waals surface area contributed by atoms with Crippen molar-refractivity contribution in [2.24, 2.45) is 0 Å². The molecule has 0 heterocycles. The second kappa shape index (κ2) is 7.77. The van der Waals surface area contributed by atoms with Crippen molar-refractivity contribution in [2.45, 2.75) is 19.4 Å². The highest BCUT2D eigenvalue weighted by molar-refractivity contribution is 14.1. The van der Waals surface area contributed by atoms with Gasteiger partial charge in [-0.3, -0.25) is 0 Å². The molecule has 2 aromatic carbocycles. The Morgan fingerprint density at radius 2 is 2.00 bits per heavy atom. The normalized spacial score (nSPS) is 12.4. The van der Waals surface area contributed by atoms with Crippen LogP contribution in [-0.4, -0.2) is 6.54 Å². The fourth-order valence-corrected chi connectivity index (χ4v) is 2.94. The molecular weight excluding hydrogens is 423 g/mol. The molecule has 0 amide bonds. The lowest BCUT2D eigenvalue weighted by Gasteiger charge is -2.20. The molecule has 1 N–H and O–H groups in total. The van der Waals surface area contributed by atoms with Crippen LogP contribution in [0.15, 0.2) is 36.4 Å². The standard InChI is InChI=1S/C16H15Cl2FIN/c1-2-21-15(10-6-7-14(20)12(17)8-10)9-11-4-3-5-13(19)16(11)18/h3-8,15,21H,2,9H2,1H3. The summed E-state index contributed by atoms with van der Waals surface area (Å²) in [6, 6.07) is 10.9. The molecule has 0 saturated carbocycles. The molecule has 0 spiro atoms. The fraction of sp³-hybridized carbons (Fsp3) is 0.250. The van der Waals surface area contributed by atoms with Gasteiger partial charge in [-0.2, -0.15) is 0 Å². The molecule has 21 heavy (non-hydrogen) atoms. The van der Waals surface area contributed by atoms with Gasteiger partial charge in [0, 0.05) is 9.61 Å². The van der Waals surface area contributed by atoms with Crippen molar-refractivity contribution in [1.82, 2.24) is 5.32 Å². The largest absolute Gasteiger partial charge is 0.310 e. The molecule has 0 aliphatic carbocycles. The van der Waals surface area contributed by atoms with E-state index in [1.54, 1.807) is 6.07 Å². The second-order valence-electron chi connectivity index (χ2n) is 4.70. The quantitative estimate of drug-likeness (QED) is 0.597. The lowest BCUT2D eigenvalue weighted by Crippen LogP contribution is -2.23. The summed E-state index contributed by atoms with van der Waals surface area (Å²) in [6.07, 6.45) is 0.612. The van der Waals surface area contributed by atoms with Crippen LogP contribution in [0.25, 0.3) is 0 Å². The number of nitrogens with one attached hydrogen (secondary N) is 1. The van der Waals surface area contributed by atoms with Crippen LogP contribution in [0.1, 0.15) is 24.1 Å². The molecule has 2 aromatic rings. The second-order valence-corrected chi connectivity index (χ2v) is 6.65. The third kappa shape index (κ3) is 4.31. The van der Waals surface area contributed by atoms with Crippen molar-refractivity contribution >= 4 is 45.8 Å². The Labute approximate surface area is 148 Å². The van der Waals surface area contributed by atoms with E-state index >= 15 is 0 Å². The van der Waals surface area contributed by atoms with E-state index < -0.39 is 0 Å². The van der Waals surface area contributed by atoms with Crippen molar-refractivity contribution in [1.29, 1.82) is 0 Å². The van der Waals surface area contributed by atoms with Gasteiger partial charge in [0.25, 0.3) is 0 Å². The van der Waals surface area contributed by atoms with Crippen LogP contribution in [0.3, 0.4) is 0 Å². The SMILES string of the molecule is CCNC(Cc1cccc(F)c1Cl)c1ccc(I)c(Cl)c1. The highest BCUT2D eigenvalue weighted by Crippen LogP contribution is 2.28. The zero-order valence-corrected chi connectivity index (χ0v) is 15.1. The maximum absolute atomic E-state index is 13.6. The van der Waals surface area contributed by atoms with Crippen molar-refractivity contribution in [2.75, 3.05) is 6.54 Å². The van der Waals surface area contributed by atoms with Crippen molar-refractivity contribution in [3.63, 3.8) is 0 Å². The first kappa shape index (κ1) is 17.0. The predicted octanol–water partition coefficient (Wildman–Crippen LogP) is 5.63. The Balaban J connectivity index is 2.30. The van der Waals surface area contributed by atoms with Crippen LogP contribution in [0.2, 0.25) is 10.0 Å². The summed E-state index contributed by atoms with van der Waals surface area (Å²) in [5, 5.41) is 4.31. The summed E-state index contributed by atoms with van der Waals surface area (Å²) in [5.74, 6) is -0.384. The summed E-state index contributed by atoms with van der Waals surface area (Å²) in [5.41, 5.74) is 1.86. The molecule has 1 atom stereocenters. The molecule has 112 valence electrons. The lowest BCUT2D eigenvalue weighted by molar-refractivity contribution is 0.547. The summed E-state index contributed by atoms with van der Waals surface area (Å²) >= 11 is 14.4. The molecule has 0 aliphatic rings. The van der Waals surface area contributed by atoms with Gasteiger partial charge >= 0.3 is 0 Å². The van der Waals surface area contributed by atoms with E-state index in [0.29, 0.717) is 6.42 Å². The molecule has 0 fully saturated rings. The van der Waals surface area contributed by atoms with E-state index in [1.165, 1.54) is 6.07 Å². The minimum Gasteiger partial charge on any atom is -0.310 e. The van der Waals surface area contributed by atoms with Crippen LogP contribution in [0.4, 0.5) is 4.39 Å². The first-order chi connectivity index (χ1) is 10.0. The average Bonchev–Trinajstić information content (AvgIpc) is 2.46. The smallest absolute Gasteiger partial charge is 0.142 e.